The van der Waals surface area contributed by atoms with Crippen LogP contribution < -0.4 is 5.32 Å². The number of hydrogen-bond acceptors (Lipinski definition) is 8. The van der Waals surface area contributed by atoms with Gasteiger partial charge in [0, 0.05) is 24.3 Å². The lowest BCUT2D eigenvalue weighted by Gasteiger charge is -2.22. The van der Waals surface area contributed by atoms with E-state index in [0.717, 1.165) is 46.4 Å². The average molecular weight is 493 g/mol. The molecular weight excluding hydrogens is 468 g/mol. The number of ether oxygens (including phenoxy) is 2. The summed E-state index contributed by atoms with van der Waals surface area (Å²) >= 11 is 3.22. The van der Waals surface area contributed by atoms with E-state index < -0.39 is 9.84 Å². The fourth-order valence-corrected chi connectivity index (χ4v) is 6.59. The molecule has 3 aromatic rings. The Balaban J connectivity index is 1.30. The zero-order chi connectivity index (χ0) is 22.4. The van der Waals surface area contributed by atoms with E-state index in [1.165, 1.54) is 12.1 Å². The molecule has 0 bridgehead atoms. The molecule has 4 rings (SSSR count). The van der Waals surface area contributed by atoms with E-state index in [0.29, 0.717) is 5.69 Å². The number of aromatic nitrogens is 1. The van der Waals surface area contributed by atoms with Gasteiger partial charge >= 0.3 is 0 Å². The van der Waals surface area contributed by atoms with Gasteiger partial charge in [0.15, 0.2) is 20.5 Å². The third-order valence-electron chi connectivity index (χ3n) is 4.83. The van der Waals surface area contributed by atoms with Crippen molar-refractivity contribution in [1.29, 1.82) is 0 Å². The Morgan fingerprint density at radius 3 is 2.72 bits per heavy atom. The van der Waals surface area contributed by atoms with Crippen LogP contribution in [0, 0.1) is 0 Å². The molecule has 1 aliphatic heterocycles. The second kappa shape index (κ2) is 10.8. The molecule has 0 radical (unpaired) electrons. The lowest BCUT2D eigenvalue weighted by molar-refractivity contribution is -0.178. The molecule has 0 saturated carbocycles. The van der Waals surface area contributed by atoms with Crippen molar-refractivity contribution in [2.45, 2.75) is 34.8 Å². The summed E-state index contributed by atoms with van der Waals surface area (Å²) in [5, 5.41) is 2.79. The largest absolute Gasteiger partial charge is 0.353 e. The van der Waals surface area contributed by atoms with Gasteiger partial charge in [0.05, 0.1) is 34.1 Å². The lowest BCUT2D eigenvalue weighted by atomic mass is 10.3. The number of benzene rings is 2. The van der Waals surface area contributed by atoms with Crippen molar-refractivity contribution in [1.82, 2.24) is 4.98 Å². The molecule has 1 aromatic heterocycles. The van der Waals surface area contributed by atoms with Crippen molar-refractivity contribution < 1.29 is 22.7 Å². The quantitative estimate of drug-likeness (QED) is 0.444. The van der Waals surface area contributed by atoms with Crippen LogP contribution in [-0.4, -0.2) is 50.3 Å². The molecule has 1 fully saturated rings. The van der Waals surface area contributed by atoms with Crippen LogP contribution in [0.1, 0.15) is 19.3 Å². The van der Waals surface area contributed by atoms with Gasteiger partial charge in [-0.1, -0.05) is 30.0 Å². The average Bonchev–Trinajstić information content (AvgIpc) is 3.21. The normalized spacial score (nSPS) is 15.1. The molecule has 2 aromatic carbocycles. The van der Waals surface area contributed by atoms with Gasteiger partial charge in [-0.3, -0.25) is 4.79 Å². The Bertz CT molecular complexity index is 1160. The fourth-order valence-electron chi connectivity index (χ4n) is 3.18. The first-order valence-corrected chi connectivity index (χ1v) is 13.8. The summed E-state index contributed by atoms with van der Waals surface area (Å²) in [6.45, 7) is 1.51. The second-order valence-corrected chi connectivity index (χ2v) is 11.7. The summed E-state index contributed by atoms with van der Waals surface area (Å²) in [5.41, 5.74) is 1.50. The molecule has 0 atom stereocenters. The first kappa shape index (κ1) is 23.2. The lowest BCUT2D eigenvalue weighted by Crippen LogP contribution is -2.25. The number of amides is 1. The molecule has 0 spiro atoms. The van der Waals surface area contributed by atoms with Crippen LogP contribution in [0.2, 0.25) is 0 Å². The smallest absolute Gasteiger partial charge is 0.225 e. The number of hydrogen-bond donors (Lipinski definition) is 1. The molecule has 1 aliphatic rings. The van der Waals surface area contributed by atoms with Crippen molar-refractivity contribution in [2.24, 2.45) is 0 Å². The zero-order valence-electron chi connectivity index (χ0n) is 17.4. The van der Waals surface area contributed by atoms with E-state index in [1.54, 1.807) is 47.4 Å². The summed E-state index contributed by atoms with van der Waals surface area (Å²) in [7, 11) is -3.49. The standard InChI is InChI=1S/C22H24N2O5S3/c25-20(10-14-32(26,27)17-5-2-1-3-6-17)23-16-7-8-18-19(15-16)31-22(24-18)30-13-9-21-28-11-4-12-29-21/h1-3,5-8,15,21H,4,9-14H2,(H,23,25). The first-order chi connectivity index (χ1) is 15.5. The van der Waals surface area contributed by atoms with Gasteiger partial charge < -0.3 is 14.8 Å². The molecule has 7 nitrogen and oxygen atoms in total. The predicted molar refractivity (Wildman–Crippen MR) is 127 cm³/mol. The van der Waals surface area contributed by atoms with E-state index in [9.17, 15) is 13.2 Å². The van der Waals surface area contributed by atoms with E-state index in [2.05, 4.69) is 10.3 Å². The van der Waals surface area contributed by atoms with Crippen LogP contribution in [0.25, 0.3) is 10.2 Å². The summed E-state index contributed by atoms with van der Waals surface area (Å²) in [6.07, 6.45) is 1.53. The summed E-state index contributed by atoms with van der Waals surface area (Å²) in [4.78, 5) is 17.2. The van der Waals surface area contributed by atoms with Crippen molar-refractivity contribution >= 4 is 54.7 Å². The minimum absolute atomic E-state index is 0.107. The summed E-state index contributed by atoms with van der Waals surface area (Å²) in [5.74, 6) is 0.278. The van der Waals surface area contributed by atoms with Crippen molar-refractivity contribution in [3.63, 3.8) is 0 Å². The van der Waals surface area contributed by atoms with Crippen molar-refractivity contribution in [2.75, 3.05) is 30.0 Å². The molecule has 170 valence electrons. The number of nitrogens with one attached hydrogen (secondary N) is 1. The SMILES string of the molecule is O=C(CCS(=O)(=O)c1ccccc1)Nc1ccc2nc(SCCC3OCCCO3)sc2c1. The summed E-state index contributed by atoms with van der Waals surface area (Å²) in [6, 6.07) is 13.7. The van der Waals surface area contributed by atoms with Gasteiger partial charge in [-0.2, -0.15) is 0 Å². The first-order valence-electron chi connectivity index (χ1n) is 10.3. The topological polar surface area (TPSA) is 94.6 Å². The highest BCUT2D eigenvalue weighted by molar-refractivity contribution is 8.01. The highest BCUT2D eigenvalue weighted by Crippen LogP contribution is 2.32. The van der Waals surface area contributed by atoms with Crippen LogP contribution in [-0.2, 0) is 24.1 Å². The maximum Gasteiger partial charge on any atom is 0.225 e. The molecular formula is C22H24N2O5S3. The minimum atomic E-state index is -3.49. The van der Waals surface area contributed by atoms with Crippen LogP contribution in [0.3, 0.4) is 0 Å². The number of carbonyl (C=O) groups excluding carboxylic acids is 1. The third kappa shape index (κ3) is 6.29. The molecule has 1 N–H and O–H groups in total. The predicted octanol–water partition coefficient (Wildman–Crippen LogP) is 4.34. The third-order valence-corrected chi connectivity index (χ3v) is 8.75. The van der Waals surface area contributed by atoms with Crippen molar-refractivity contribution in [3.8, 4) is 0 Å². The molecule has 1 saturated heterocycles. The van der Waals surface area contributed by atoms with E-state index in [4.69, 9.17) is 9.47 Å². The second-order valence-electron chi connectivity index (χ2n) is 7.25. The van der Waals surface area contributed by atoms with Gasteiger partial charge in [-0.25, -0.2) is 13.4 Å². The molecule has 0 aliphatic carbocycles. The van der Waals surface area contributed by atoms with Gasteiger partial charge in [0.1, 0.15) is 0 Å². The minimum Gasteiger partial charge on any atom is -0.353 e. The fraction of sp³-hybridized carbons (Fsp3) is 0.364. The van der Waals surface area contributed by atoms with Crippen LogP contribution in [0.15, 0.2) is 57.8 Å². The van der Waals surface area contributed by atoms with Gasteiger partial charge in [-0.05, 0) is 36.8 Å². The van der Waals surface area contributed by atoms with E-state index >= 15 is 0 Å². The highest BCUT2D eigenvalue weighted by atomic mass is 32.2. The Morgan fingerprint density at radius 2 is 1.94 bits per heavy atom. The van der Waals surface area contributed by atoms with Gasteiger partial charge in [0.2, 0.25) is 5.91 Å². The maximum atomic E-state index is 12.3. The number of thiazole rings is 1. The summed E-state index contributed by atoms with van der Waals surface area (Å²) < 4.78 is 37.7. The number of nitrogens with zero attached hydrogens (tertiary/aromatic N) is 1. The maximum absolute atomic E-state index is 12.3. The highest BCUT2D eigenvalue weighted by Gasteiger charge is 2.17. The molecule has 32 heavy (non-hydrogen) atoms. The zero-order valence-corrected chi connectivity index (χ0v) is 19.8. The number of rotatable bonds is 9. The molecule has 0 unspecified atom stereocenters. The van der Waals surface area contributed by atoms with Gasteiger partial charge in [-0.15, -0.1) is 11.3 Å². The molecule has 10 heteroatoms. The number of sulfone groups is 1. The number of anilines is 1. The Hall–Kier alpha value is -1.98. The van der Waals surface area contributed by atoms with Crippen LogP contribution in [0.5, 0.6) is 0 Å². The van der Waals surface area contributed by atoms with Crippen LogP contribution in [0.4, 0.5) is 5.69 Å². The monoisotopic (exact) mass is 492 g/mol. The number of fused-ring (bicyclic) bond motifs is 1. The molecule has 1 amide bonds. The Kier molecular flexibility index (Phi) is 7.80. The number of carbonyl (C=O) groups is 1. The van der Waals surface area contributed by atoms with E-state index in [1.807, 2.05) is 12.1 Å². The Morgan fingerprint density at radius 1 is 1.16 bits per heavy atom. The van der Waals surface area contributed by atoms with Gasteiger partial charge in [0.25, 0.3) is 0 Å². The van der Waals surface area contributed by atoms with E-state index in [-0.39, 0.29) is 29.3 Å². The number of thioether (sulfide) groups is 1. The van der Waals surface area contributed by atoms with Crippen molar-refractivity contribution in [3.05, 3.63) is 48.5 Å². The molecule has 2 heterocycles. The Labute approximate surface area is 195 Å². The van der Waals surface area contributed by atoms with Crippen LogP contribution >= 0.6 is 23.1 Å².